The maximum absolute atomic E-state index is 11.9. The number of halogens is 2. The van der Waals surface area contributed by atoms with Crippen LogP contribution in [0.5, 0.6) is 0 Å². The van der Waals surface area contributed by atoms with Crippen LogP contribution in [0.25, 0.3) is 0 Å². The van der Waals surface area contributed by atoms with Crippen molar-refractivity contribution in [3.8, 4) is 0 Å². The smallest absolute Gasteiger partial charge is 0.340 e. The second kappa shape index (κ2) is 6.74. The lowest BCUT2D eigenvalue weighted by molar-refractivity contribution is 0.0476. The molecular weight excluding hydrogens is 358 g/mol. The number of carbonyl (C=O) groups is 2. The van der Waals surface area contributed by atoms with Crippen LogP contribution < -0.4 is 5.73 Å². The van der Waals surface area contributed by atoms with Crippen LogP contribution in [0.3, 0.4) is 0 Å². The molecule has 4 nitrogen and oxygen atoms in total. The SMILES string of the molecule is Nc1cc(Cl)ccc1C(=O)OCC(=O)c1ccc(Br)cc1. The number of anilines is 1. The normalized spacial score (nSPS) is 10.2. The maximum atomic E-state index is 11.9. The van der Waals surface area contributed by atoms with Gasteiger partial charge in [0.15, 0.2) is 12.4 Å². The highest BCUT2D eigenvalue weighted by Gasteiger charge is 2.14. The van der Waals surface area contributed by atoms with Gasteiger partial charge in [-0.25, -0.2) is 4.79 Å². The Morgan fingerprint density at radius 1 is 1.14 bits per heavy atom. The Bertz CT molecular complexity index is 686. The minimum Gasteiger partial charge on any atom is -0.454 e. The third kappa shape index (κ3) is 4.06. The predicted molar refractivity (Wildman–Crippen MR) is 84.6 cm³/mol. The molecule has 0 aliphatic rings. The number of ketones is 1. The number of hydrogen-bond donors (Lipinski definition) is 1. The van der Waals surface area contributed by atoms with Crippen molar-refractivity contribution in [3.63, 3.8) is 0 Å². The van der Waals surface area contributed by atoms with E-state index in [2.05, 4.69) is 15.9 Å². The molecule has 0 saturated heterocycles. The molecule has 0 unspecified atom stereocenters. The van der Waals surface area contributed by atoms with Crippen molar-refractivity contribution < 1.29 is 14.3 Å². The van der Waals surface area contributed by atoms with E-state index in [9.17, 15) is 9.59 Å². The van der Waals surface area contributed by atoms with E-state index >= 15 is 0 Å². The summed E-state index contributed by atoms with van der Waals surface area (Å²) in [5.74, 6) is -0.946. The molecule has 0 amide bonds. The highest BCUT2D eigenvalue weighted by atomic mass is 79.9. The number of esters is 1. The van der Waals surface area contributed by atoms with Gasteiger partial charge in [0, 0.05) is 20.7 Å². The Morgan fingerprint density at radius 2 is 1.81 bits per heavy atom. The Hall–Kier alpha value is -1.85. The van der Waals surface area contributed by atoms with Crippen LogP contribution in [0.15, 0.2) is 46.9 Å². The fourth-order valence-electron chi connectivity index (χ4n) is 1.65. The van der Waals surface area contributed by atoms with Crippen LogP contribution in [0, 0.1) is 0 Å². The molecular formula is C15H11BrClNO3. The molecule has 0 atom stereocenters. The minimum absolute atomic E-state index is 0.183. The molecule has 0 aromatic heterocycles. The molecule has 2 aromatic carbocycles. The van der Waals surface area contributed by atoms with Crippen LogP contribution in [0.2, 0.25) is 5.02 Å². The Morgan fingerprint density at radius 3 is 2.43 bits per heavy atom. The number of Topliss-reactive ketones (excluding diaryl/α,β-unsaturated/α-hetero) is 1. The first-order chi connectivity index (χ1) is 9.97. The van der Waals surface area contributed by atoms with E-state index in [1.54, 1.807) is 24.3 Å². The molecule has 0 heterocycles. The first kappa shape index (κ1) is 15.5. The van der Waals surface area contributed by atoms with Crippen LogP contribution in [0.4, 0.5) is 5.69 Å². The fourth-order valence-corrected chi connectivity index (χ4v) is 2.09. The van der Waals surface area contributed by atoms with Gasteiger partial charge in [0.2, 0.25) is 0 Å². The van der Waals surface area contributed by atoms with Crippen LogP contribution in [-0.2, 0) is 4.74 Å². The Kier molecular flexibility index (Phi) is 4.98. The van der Waals surface area contributed by atoms with Gasteiger partial charge >= 0.3 is 5.97 Å². The van der Waals surface area contributed by atoms with Gasteiger partial charge in [0.05, 0.1) is 5.56 Å². The summed E-state index contributed by atoms with van der Waals surface area (Å²) in [4.78, 5) is 23.7. The maximum Gasteiger partial charge on any atom is 0.340 e. The number of nitrogen functional groups attached to an aromatic ring is 1. The van der Waals surface area contributed by atoms with E-state index in [-0.39, 0.29) is 23.6 Å². The number of rotatable bonds is 4. The van der Waals surface area contributed by atoms with Crippen molar-refractivity contribution in [1.29, 1.82) is 0 Å². The van der Waals surface area contributed by atoms with Crippen molar-refractivity contribution >= 4 is 45.0 Å². The second-order valence-corrected chi connectivity index (χ2v) is 5.59. The average molecular weight is 369 g/mol. The molecule has 2 aromatic rings. The monoisotopic (exact) mass is 367 g/mol. The molecule has 21 heavy (non-hydrogen) atoms. The van der Waals surface area contributed by atoms with Crippen molar-refractivity contribution in [2.75, 3.05) is 12.3 Å². The third-order valence-corrected chi connectivity index (χ3v) is 3.50. The second-order valence-electron chi connectivity index (χ2n) is 4.24. The fraction of sp³-hybridized carbons (Fsp3) is 0.0667. The number of nitrogens with two attached hydrogens (primary N) is 1. The van der Waals surface area contributed by atoms with Crippen LogP contribution in [0.1, 0.15) is 20.7 Å². The molecule has 2 N–H and O–H groups in total. The van der Waals surface area contributed by atoms with Gasteiger partial charge in [-0.3, -0.25) is 4.79 Å². The summed E-state index contributed by atoms with van der Waals surface area (Å²) < 4.78 is 5.84. The molecule has 0 aliphatic heterocycles. The average Bonchev–Trinajstić information content (AvgIpc) is 2.45. The number of ether oxygens (including phenoxy) is 1. The van der Waals surface area contributed by atoms with Gasteiger partial charge in [-0.2, -0.15) is 0 Å². The highest BCUT2D eigenvalue weighted by Crippen LogP contribution is 2.19. The van der Waals surface area contributed by atoms with Gasteiger partial charge in [0.25, 0.3) is 0 Å². The molecule has 0 bridgehead atoms. The van der Waals surface area contributed by atoms with E-state index in [1.807, 2.05) is 0 Å². The number of carbonyl (C=O) groups excluding carboxylic acids is 2. The van der Waals surface area contributed by atoms with E-state index in [0.29, 0.717) is 10.6 Å². The lowest BCUT2D eigenvalue weighted by Crippen LogP contribution is -2.15. The van der Waals surface area contributed by atoms with Gasteiger partial charge in [-0.1, -0.05) is 39.7 Å². The first-order valence-electron chi connectivity index (χ1n) is 5.98. The van der Waals surface area contributed by atoms with E-state index < -0.39 is 5.97 Å². The van der Waals surface area contributed by atoms with Gasteiger partial charge in [-0.15, -0.1) is 0 Å². The first-order valence-corrected chi connectivity index (χ1v) is 7.15. The summed E-state index contributed by atoms with van der Waals surface area (Å²) >= 11 is 9.03. The summed E-state index contributed by atoms with van der Waals surface area (Å²) in [6, 6.07) is 11.2. The van der Waals surface area contributed by atoms with Gasteiger partial charge in [-0.05, 0) is 30.3 Å². The standard InChI is InChI=1S/C15H11BrClNO3/c16-10-3-1-9(2-4-10)14(19)8-21-15(20)12-6-5-11(17)7-13(12)18/h1-7H,8,18H2. The zero-order chi connectivity index (χ0) is 15.4. The topological polar surface area (TPSA) is 69.4 Å². The molecule has 6 heteroatoms. The number of hydrogen-bond acceptors (Lipinski definition) is 4. The summed E-state index contributed by atoms with van der Waals surface area (Å²) in [5.41, 5.74) is 6.54. The molecule has 0 saturated carbocycles. The quantitative estimate of drug-likeness (QED) is 0.507. The van der Waals surface area contributed by atoms with Crippen molar-refractivity contribution in [3.05, 3.63) is 63.1 Å². The lowest BCUT2D eigenvalue weighted by atomic mass is 10.1. The lowest BCUT2D eigenvalue weighted by Gasteiger charge is -2.07. The van der Waals surface area contributed by atoms with Crippen molar-refractivity contribution in [1.82, 2.24) is 0 Å². The summed E-state index contributed by atoms with van der Waals surface area (Å²) in [7, 11) is 0. The molecule has 2 rings (SSSR count). The molecule has 0 spiro atoms. The highest BCUT2D eigenvalue weighted by molar-refractivity contribution is 9.10. The zero-order valence-electron chi connectivity index (χ0n) is 10.8. The molecule has 0 aliphatic carbocycles. The molecule has 0 radical (unpaired) electrons. The van der Waals surface area contributed by atoms with Gasteiger partial charge < -0.3 is 10.5 Å². The Labute approximate surface area is 135 Å². The molecule has 108 valence electrons. The number of benzene rings is 2. The van der Waals surface area contributed by atoms with E-state index in [4.69, 9.17) is 22.1 Å². The van der Waals surface area contributed by atoms with E-state index in [0.717, 1.165) is 4.47 Å². The summed E-state index contributed by atoms with van der Waals surface area (Å²) in [6.07, 6.45) is 0. The van der Waals surface area contributed by atoms with Gasteiger partial charge in [0.1, 0.15) is 0 Å². The zero-order valence-corrected chi connectivity index (χ0v) is 13.1. The van der Waals surface area contributed by atoms with Crippen LogP contribution in [-0.4, -0.2) is 18.4 Å². The van der Waals surface area contributed by atoms with Crippen molar-refractivity contribution in [2.24, 2.45) is 0 Å². The van der Waals surface area contributed by atoms with Crippen LogP contribution >= 0.6 is 27.5 Å². The minimum atomic E-state index is -0.658. The summed E-state index contributed by atoms with van der Waals surface area (Å²) in [5, 5.41) is 0.426. The third-order valence-electron chi connectivity index (χ3n) is 2.73. The molecule has 0 fully saturated rings. The summed E-state index contributed by atoms with van der Waals surface area (Å²) in [6.45, 7) is -0.345. The van der Waals surface area contributed by atoms with Crippen molar-refractivity contribution in [2.45, 2.75) is 0 Å². The van der Waals surface area contributed by atoms with E-state index in [1.165, 1.54) is 18.2 Å². The largest absolute Gasteiger partial charge is 0.454 e. The predicted octanol–water partition coefficient (Wildman–Crippen LogP) is 3.72. The Balaban J connectivity index is 2.00.